The number of rotatable bonds is 3. The van der Waals surface area contributed by atoms with Gasteiger partial charge in [-0.2, -0.15) is 24.5 Å². The van der Waals surface area contributed by atoms with Crippen molar-refractivity contribution in [2.24, 2.45) is 11.8 Å². The van der Waals surface area contributed by atoms with Crippen LogP contribution in [0.15, 0.2) is 16.8 Å². The first-order valence-corrected chi connectivity index (χ1v) is 7.01. The summed E-state index contributed by atoms with van der Waals surface area (Å²) >= 11 is 1.50. The lowest BCUT2D eigenvalue weighted by atomic mass is 9.78. The summed E-state index contributed by atoms with van der Waals surface area (Å²) in [5.41, 5.74) is 0.916. The Labute approximate surface area is 108 Å². The van der Waals surface area contributed by atoms with Crippen LogP contribution in [0.3, 0.4) is 0 Å². The van der Waals surface area contributed by atoms with Crippen molar-refractivity contribution in [3.05, 3.63) is 22.4 Å². The molecule has 1 nitrogen and oxygen atoms in total. The molecule has 18 heavy (non-hydrogen) atoms. The van der Waals surface area contributed by atoms with Crippen LogP contribution in [0.2, 0.25) is 0 Å². The van der Waals surface area contributed by atoms with Crippen molar-refractivity contribution in [1.82, 2.24) is 0 Å². The largest absolute Gasteiger partial charge is 0.391 e. The number of carbonyl (C=O) groups excluding carboxylic acids is 1. The number of carbonyl (C=O) groups is 1. The third kappa shape index (κ3) is 3.34. The van der Waals surface area contributed by atoms with Gasteiger partial charge in [-0.3, -0.25) is 4.79 Å². The zero-order valence-electron chi connectivity index (χ0n) is 9.87. The molecule has 100 valence electrons. The molecule has 0 N–H and O–H groups in total. The molecule has 0 spiro atoms. The van der Waals surface area contributed by atoms with E-state index in [1.807, 2.05) is 16.8 Å². The molecule has 0 amide bonds. The van der Waals surface area contributed by atoms with Crippen LogP contribution < -0.4 is 0 Å². The molecule has 1 aromatic rings. The molecule has 0 aromatic carbocycles. The summed E-state index contributed by atoms with van der Waals surface area (Å²) in [6.07, 6.45) is -2.61. The molecule has 0 bridgehead atoms. The van der Waals surface area contributed by atoms with E-state index in [2.05, 4.69) is 0 Å². The number of ketones is 1. The average Bonchev–Trinajstić information content (AvgIpc) is 2.81. The summed E-state index contributed by atoms with van der Waals surface area (Å²) in [6.45, 7) is 0. The van der Waals surface area contributed by atoms with Crippen LogP contribution in [-0.2, 0) is 11.2 Å². The lowest BCUT2D eigenvalue weighted by molar-refractivity contribution is -0.186. The van der Waals surface area contributed by atoms with Crippen LogP contribution >= 0.6 is 11.3 Å². The number of thiophene rings is 1. The van der Waals surface area contributed by atoms with Gasteiger partial charge in [0.15, 0.2) is 0 Å². The predicted octanol–water partition coefficient (Wildman–Crippen LogP) is 4.23. The maximum atomic E-state index is 12.6. The van der Waals surface area contributed by atoms with E-state index in [-0.39, 0.29) is 25.0 Å². The van der Waals surface area contributed by atoms with Crippen molar-refractivity contribution in [2.75, 3.05) is 0 Å². The first kappa shape index (κ1) is 13.6. The Morgan fingerprint density at radius 3 is 2.78 bits per heavy atom. The van der Waals surface area contributed by atoms with Gasteiger partial charge in [0.2, 0.25) is 0 Å². The molecule has 0 radical (unpaired) electrons. The Balaban J connectivity index is 1.94. The normalized spacial score (nSPS) is 25.1. The van der Waals surface area contributed by atoms with Gasteiger partial charge in [0.1, 0.15) is 5.78 Å². The number of alkyl halides is 3. The molecular formula is C13H15F3OS. The summed E-state index contributed by atoms with van der Waals surface area (Å²) in [4.78, 5) is 12.0. The minimum atomic E-state index is -4.15. The monoisotopic (exact) mass is 276 g/mol. The van der Waals surface area contributed by atoms with Gasteiger partial charge in [-0.1, -0.05) is 6.42 Å². The van der Waals surface area contributed by atoms with Gasteiger partial charge in [0, 0.05) is 12.3 Å². The first-order chi connectivity index (χ1) is 8.47. The summed E-state index contributed by atoms with van der Waals surface area (Å²) in [5.74, 6) is -1.74. The van der Waals surface area contributed by atoms with Gasteiger partial charge in [0.05, 0.1) is 5.92 Å². The van der Waals surface area contributed by atoms with Crippen LogP contribution in [0.5, 0.6) is 0 Å². The highest BCUT2D eigenvalue weighted by molar-refractivity contribution is 7.07. The summed E-state index contributed by atoms with van der Waals surface area (Å²) < 4.78 is 37.9. The predicted molar refractivity (Wildman–Crippen MR) is 64.5 cm³/mol. The second kappa shape index (κ2) is 5.43. The lowest BCUT2D eigenvalue weighted by Crippen LogP contribution is -2.32. The first-order valence-electron chi connectivity index (χ1n) is 6.07. The van der Waals surface area contributed by atoms with Crippen LogP contribution in [0.25, 0.3) is 0 Å². The molecule has 1 fully saturated rings. The maximum Gasteiger partial charge on any atom is 0.391 e. The highest BCUT2D eigenvalue weighted by Crippen LogP contribution is 2.40. The van der Waals surface area contributed by atoms with Gasteiger partial charge >= 0.3 is 6.18 Å². The Kier molecular flexibility index (Phi) is 4.10. The Morgan fingerprint density at radius 1 is 1.39 bits per heavy atom. The average molecular weight is 276 g/mol. The fourth-order valence-electron chi connectivity index (χ4n) is 2.52. The highest BCUT2D eigenvalue weighted by atomic mass is 32.1. The zero-order chi connectivity index (χ0) is 13.2. The molecule has 0 aliphatic heterocycles. The zero-order valence-corrected chi connectivity index (χ0v) is 10.7. The Morgan fingerprint density at radius 2 is 2.17 bits per heavy atom. The van der Waals surface area contributed by atoms with E-state index in [4.69, 9.17) is 0 Å². The quantitative estimate of drug-likeness (QED) is 0.807. The van der Waals surface area contributed by atoms with Gasteiger partial charge in [-0.25, -0.2) is 0 Å². The van der Waals surface area contributed by atoms with Crippen molar-refractivity contribution >= 4 is 17.1 Å². The summed E-state index contributed by atoms with van der Waals surface area (Å²) in [5, 5.41) is 3.75. The third-order valence-corrected chi connectivity index (χ3v) is 4.28. The van der Waals surface area contributed by atoms with Gasteiger partial charge in [0.25, 0.3) is 0 Å². The third-order valence-electron chi connectivity index (χ3n) is 3.55. The molecule has 2 rings (SSSR count). The van der Waals surface area contributed by atoms with E-state index >= 15 is 0 Å². The Bertz CT molecular complexity index is 397. The van der Waals surface area contributed by atoms with Crippen LogP contribution in [0.1, 0.15) is 31.2 Å². The van der Waals surface area contributed by atoms with Crippen LogP contribution in [-0.4, -0.2) is 12.0 Å². The van der Waals surface area contributed by atoms with Crippen molar-refractivity contribution in [2.45, 2.75) is 38.3 Å². The van der Waals surface area contributed by atoms with E-state index in [1.165, 1.54) is 11.3 Å². The van der Waals surface area contributed by atoms with Crippen LogP contribution in [0, 0.1) is 11.8 Å². The molecule has 1 heterocycles. The number of hydrogen-bond acceptors (Lipinski definition) is 2. The van der Waals surface area contributed by atoms with Crippen molar-refractivity contribution < 1.29 is 18.0 Å². The fraction of sp³-hybridized carbons (Fsp3) is 0.615. The van der Waals surface area contributed by atoms with Crippen molar-refractivity contribution in [3.8, 4) is 0 Å². The minimum Gasteiger partial charge on any atom is -0.299 e. The van der Waals surface area contributed by atoms with E-state index in [0.717, 1.165) is 5.56 Å². The lowest BCUT2D eigenvalue weighted by Gasteiger charge is -2.29. The molecule has 1 aromatic heterocycles. The van der Waals surface area contributed by atoms with E-state index in [0.29, 0.717) is 12.8 Å². The molecule has 1 saturated carbocycles. The molecule has 2 unspecified atom stereocenters. The van der Waals surface area contributed by atoms with Crippen molar-refractivity contribution in [1.29, 1.82) is 0 Å². The molecule has 1 aliphatic carbocycles. The van der Waals surface area contributed by atoms with Gasteiger partial charge in [-0.05, 0) is 41.7 Å². The molecule has 0 saturated heterocycles. The van der Waals surface area contributed by atoms with Crippen molar-refractivity contribution in [3.63, 3.8) is 0 Å². The summed E-state index contributed by atoms with van der Waals surface area (Å²) in [6, 6.07) is 1.85. The number of hydrogen-bond donors (Lipinski definition) is 0. The maximum absolute atomic E-state index is 12.6. The Hall–Kier alpha value is -0.840. The van der Waals surface area contributed by atoms with E-state index in [1.54, 1.807) is 0 Å². The molecule has 2 atom stereocenters. The molecule has 1 aliphatic rings. The second-order valence-electron chi connectivity index (χ2n) is 4.88. The van der Waals surface area contributed by atoms with E-state index in [9.17, 15) is 18.0 Å². The van der Waals surface area contributed by atoms with E-state index < -0.39 is 18.0 Å². The highest BCUT2D eigenvalue weighted by Gasteiger charge is 2.43. The summed E-state index contributed by atoms with van der Waals surface area (Å²) in [7, 11) is 0. The molecule has 5 heteroatoms. The van der Waals surface area contributed by atoms with Gasteiger partial charge < -0.3 is 0 Å². The molecular weight excluding hydrogens is 261 g/mol. The number of Topliss-reactive ketones (excluding diaryl/α,β-unsaturated/α-hetero) is 1. The number of halogens is 3. The van der Waals surface area contributed by atoms with Crippen LogP contribution in [0.4, 0.5) is 13.2 Å². The van der Waals surface area contributed by atoms with Gasteiger partial charge in [-0.15, -0.1) is 0 Å². The minimum absolute atomic E-state index is 0.0214. The topological polar surface area (TPSA) is 17.1 Å². The standard InChI is InChI=1S/C13H15F3OS/c14-13(15,16)11-3-1-2-10(7-11)12(17)6-9-4-5-18-8-9/h4-5,8,10-11H,1-3,6-7H2. The fourth-order valence-corrected chi connectivity index (χ4v) is 3.19. The SMILES string of the molecule is O=C(Cc1ccsc1)C1CCCC(C(F)(F)F)C1. The second-order valence-corrected chi connectivity index (χ2v) is 5.66. The smallest absolute Gasteiger partial charge is 0.299 e.